The number of nitrogens with zero attached hydrogens (tertiary/aromatic N) is 1. The van der Waals surface area contributed by atoms with Gasteiger partial charge in [0.2, 0.25) is 5.91 Å². The maximum Gasteiger partial charge on any atom is 0.417 e. The molecule has 0 aliphatic carbocycles. The first-order valence-electron chi connectivity index (χ1n) is 13.0. The van der Waals surface area contributed by atoms with E-state index in [0.29, 0.717) is 6.61 Å². The number of amides is 2. The Morgan fingerprint density at radius 2 is 1.47 bits per heavy atom. The van der Waals surface area contributed by atoms with Crippen molar-refractivity contribution in [3.8, 4) is 5.75 Å². The van der Waals surface area contributed by atoms with E-state index in [1.165, 1.54) is 4.90 Å². The zero-order valence-corrected chi connectivity index (χ0v) is 21.4. The summed E-state index contributed by atoms with van der Waals surface area (Å²) in [6.45, 7) is 2.53. The van der Waals surface area contributed by atoms with Crippen LogP contribution in [0.1, 0.15) is 60.1 Å². The molecule has 2 amide bonds. The van der Waals surface area contributed by atoms with E-state index in [9.17, 15) is 9.59 Å². The second-order valence-corrected chi connectivity index (χ2v) is 9.49. The number of hydrogen-bond acceptors (Lipinski definition) is 4. The van der Waals surface area contributed by atoms with Crippen LogP contribution in [0.3, 0.4) is 0 Å². The molecule has 0 aromatic heterocycles. The maximum absolute atomic E-state index is 13.7. The first-order chi connectivity index (χ1) is 18.6. The molecular weight excluding hydrogens is 474 g/mol. The van der Waals surface area contributed by atoms with Gasteiger partial charge in [-0.25, -0.2) is 9.69 Å². The third-order valence-corrected chi connectivity index (χ3v) is 7.02. The van der Waals surface area contributed by atoms with Crippen LogP contribution < -0.4 is 4.74 Å². The summed E-state index contributed by atoms with van der Waals surface area (Å²) in [4.78, 5) is 28.2. The number of cyclic esters (lactones) is 1. The summed E-state index contributed by atoms with van der Waals surface area (Å²) in [6.07, 6.45) is -0.231. The third kappa shape index (κ3) is 5.62. The molecule has 5 nitrogen and oxygen atoms in total. The van der Waals surface area contributed by atoms with E-state index in [2.05, 4.69) is 6.92 Å². The van der Waals surface area contributed by atoms with Gasteiger partial charge in [-0.05, 0) is 46.7 Å². The van der Waals surface area contributed by atoms with Crippen LogP contribution in [0.4, 0.5) is 4.79 Å². The Morgan fingerprint density at radius 1 is 0.842 bits per heavy atom. The van der Waals surface area contributed by atoms with Gasteiger partial charge in [0.05, 0.1) is 0 Å². The molecule has 0 unspecified atom stereocenters. The summed E-state index contributed by atoms with van der Waals surface area (Å²) < 4.78 is 11.8. The molecule has 0 radical (unpaired) electrons. The summed E-state index contributed by atoms with van der Waals surface area (Å²) in [5.41, 5.74) is 3.83. The fourth-order valence-electron chi connectivity index (χ4n) is 5.01. The van der Waals surface area contributed by atoms with Crippen LogP contribution in [0.2, 0.25) is 0 Å². The van der Waals surface area contributed by atoms with E-state index < -0.39 is 18.2 Å². The molecule has 0 saturated carbocycles. The van der Waals surface area contributed by atoms with E-state index in [1.54, 1.807) is 0 Å². The summed E-state index contributed by atoms with van der Waals surface area (Å²) >= 11 is 0. The second-order valence-electron chi connectivity index (χ2n) is 9.49. The fraction of sp³-hybridized carbons (Fsp3) is 0.212. The van der Waals surface area contributed by atoms with Crippen LogP contribution in [0.5, 0.6) is 5.75 Å². The molecular formula is C33H31NO4. The van der Waals surface area contributed by atoms with Crippen LogP contribution >= 0.6 is 0 Å². The second kappa shape index (κ2) is 11.8. The van der Waals surface area contributed by atoms with Crippen molar-refractivity contribution < 1.29 is 19.1 Å². The molecule has 38 heavy (non-hydrogen) atoms. The lowest BCUT2D eigenvalue weighted by Gasteiger charge is -2.25. The van der Waals surface area contributed by atoms with Gasteiger partial charge < -0.3 is 9.47 Å². The lowest BCUT2D eigenvalue weighted by atomic mass is 9.91. The van der Waals surface area contributed by atoms with Crippen molar-refractivity contribution in [2.75, 3.05) is 0 Å². The van der Waals surface area contributed by atoms with Gasteiger partial charge in [0, 0.05) is 6.42 Å². The highest BCUT2D eigenvalue weighted by Gasteiger charge is 2.47. The maximum atomic E-state index is 13.7. The first kappa shape index (κ1) is 25.3. The Kier molecular flexibility index (Phi) is 7.84. The molecule has 0 bridgehead atoms. The topological polar surface area (TPSA) is 55.8 Å². The zero-order chi connectivity index (χ0) is 26.3. The monoisotopic (exact) mass is 505 g/mol. The number of hydrogen-bond donors (Lipinski definition) is 0. The highest BCUT2D eigenvalue weighted by atomic mass is 16.6. The lowest BCUT2D eigenvalue weighted by Crippen LogP contribution is -2.35. The molecule has 192 valence electrons. The molecule has 1 aliphatic rings. The molecule has 0 N–H and O–H groups in total. The summed E-state index contributed by atoms with van der Waals surface area (Å²) in [5, 5.41) is 0. The van der Waals surface area contributed by atoms with Gasteiger partial charge in [-0.15, -0.1) is 0 Å². The Morgan fingerprint density at radius 3 is 2.13 bits per heavy atom. The molecule has 4 aromatic rings. The van der Waals surface area contributed by atoms with Gasteiger partial charge in [0.25, 0.3) is 0 Å². The van der Waals surface area contributed by atoms with E-state index in [0.717, 1.165) is 34.4 Å². The standard InChI is InChI=1S/C33H31NO4/c1-2-25(28-19-12-20-29(21-28)37-23-24-13-6-3-7-14-24)22-30(35)34-31(26-15-8-4-9-16-26)32(38-33(34)36)27-17-10-5-11-18-27/h3-21,25,31-32H,2,22-23H2,1H3/t25-,31+,32-/m1/s1. The molecule has 1 aliphatic heterocycles. The van der Waals surface area contributed by atoms with Gasteiger partial charge in [-0.3, -0.25) is 4.79 Å². The van der Waals surface area contributed by atoms with E-state index >= 15 is 0 Å². The van der Waals surface area contributed by atoms with Crippen molar-refractivity contribution in [2.24, 2.45) is 0 Å². The van der Waals surface area contributed by atoms with Gasteiger partial charge >= 0.3 is 6.09 Å². The molecule has 3 atom stereocenters. The number of benzene rings is 4. The quantitative estimate of drug-likeness (QED) is 0.235. The smallest absolute Gasteiger partial charge is 0.417 e. The molecule has 4 aromatic carbocycles. The Labute approximate surface area is 223 Å². The van der Waals surface area contributed by atoms with Crippen LogP contribution in [0.25, 0.3) is 0 Å². The van der Waals surface area contributed by atoms with Gasteiger partial charge in [0.15, 0.2) is 6.10 Å². The van der Waals surface area contributed by atoms with E-state index in [1.807, 2.05) is 115 Å². The summed E-state index contributed by atoms with van der Waals surface area (Å²) in [5.74, 6) is 0.441. The number of rotatable bonds is 9. The predicted octanol–water partition coefficient (Wildman–Crippen LogP) is 7.61. The lowest BCUT2D eigenvalue weighted by molar-refractivity contribution is -0.129. The number of ether oxygens (including phenoxy) is 2. The molecule has 0 spiro atoms. The largest absolute Gasteiger partial charge is 0.489 e. The van der Waals surface area contributed by atoms with Crippen molar-refractivity contribution >= 4 is 12.0 Å². The molecule has 1 heterocycles. The number of carbonyl (C=O) groups excluding carboxylic acids is 2. The van der Waals surface area contributed by atoms with Crippen LogP contribution in [-0.4, -0.2) is 16.9 Å². The molecule has 5 heteroatoms. The Balaban J connectivity index is 1.36. The SMILES string of the molecule is CC[C@H](CC(=O)N1C(=O)O[C@H](c2ccccc2)[C@@H]1c1ccccc1)c1cccc(OCc2ccccc2)c1. The summed E-state index contributed by atoms with van der Waals surface area (Å²) in [6, 6.07) is 36.6. The minimum absolute atomic E-state index is 0.0669. The van der Waals surface area contributed by atoms with Crippen molar-refractivity contribution in [3.05, 3.63) is 138 Å². The normalized spacial score (nSPS) is 17.6. The number of carbonyl (C=O) groups is 2. The van der Waals surface area contributed by atoms with Gasteiger partial charge in [0.1, 0.15) is 18.4 Å². The summed E-state index contributed by atoms with van der Waals surface area (Å²) in [7, 11) is 0. The van der Waals surface area contributed by atoms with Crippen molar-refractivity contribution in [3.63, 3.8) is 0 Å². The van der Waals surface area contributed by atoms with Crippen LogP contribution in [0.15, 0.2) is 115 Å². The van der Waals surface area contributed by atoms with E-state index in [-0.39, 0.29) is 18.2 Å². The Bertz CT molecular complexity index is 1360. The van der Waals surface area contributed by atoms with Gasteiger partial charge in [-0.2, -0.15) is 0 Å². The van der Waals surface area contributed by atoms with Crippen molar-refractivity contribution in [2.45, 2.75) is 44.4 Å². The average molecular weight is 506 g/mol. The molecule has 1 saturated heterocycles. The minimum Gasteiger partial charge on any atom is -0.489 e. The van der Waals surface area contributed by atoms with Crippen LogP contribution in [0, 0.1) is 0 Å². The molecule has 5 rings (SSSR count). The highest BCUT2D eigenvalue weighted by Crippen LogP contribution is 2.44. The Hall–Kier alpha value is -4.38. The average Bonchev–Trinajstić information content (AvgIpc) is 3.33. The molecule has 1 fully saturated rings. The number of imide groups is 1. The van der Waals surface area contributed by atoms with Crippen LogP contribution in [-0.2, 0) is 16.1 Å². The van der Waals surface area contributed by atoms with E-state index in [4.69, 9.17) is 9.47 Å². The minimum atomic E-state index is -0.604. The predicted molar refractivity (Wildman–Crippen MR) is 147 cm³/mol. The van der Waals surface area contributed by atoms with Crippen molar-refractivity contribution in [1.82, 2.24) is 4.90 Å². The third-order valence-electron chi connectivity index (χ3n) is 7.02. The zero-order valence-electron chi connectivity index (χ0n) is 21.4. The fourth-order valence-corrected chi connectivity index (χ4v) is 5.01. The first-order valence-corrected chi connectivity index (χ1v) is 13.0. The van der Waals surface area contributed by atoms with Gasteiger partial charge in [-0.1, -0.05) is 110 Å². The highest BCUT2D eigenvalue weighted by molar-refractivity contribution is 5.94. The van der Waals surface area contributed by atoms with Crippen molar-refractivity contribution in [1.29, 1.82) is 0 Å².